The van der Waals surface area contributed by atoms with Crippen LogP contribution in [0.1, 0.15) is 5.82 Å². The van der Waals surface area contributed by atoms with Crippen molar-refractivity contribution in [1.82, 2.24) is 15.2 Å². The van der Waals surface area contributed by atoms with E-state index in [4.69, 9.17) is 0 Å². The molecule has 1 rings (SSSR count). The molecule has 0 saturated heterocycles. The number of nitrogens with one attached hydrogen (secondary N) is 1. The summed E-state index contributed by atoms with van der Waals surface area (Å²) in [5.41, 5.74) is 0. The quantitative estimate of drug-likeness (QED) is 0.775. The minimum atomic E-state index is -5.65. The van der Waals surface area contributed by atoms with Crippen LogP contribution in [0.3, 0.4) is 0 Å². The highest BCUT2D eigenvalue weighted by Gasteiger charge is 2.52. The van der Waals surface area contributed by atoms with Crippen molar-refractivity contribution in [3.63, 3.8) is 0 Å². The van der Waals surface area contributed by atoms with Crippen molar-refractivity contribution in [2.24, 2.45) is 0 Å². The SMILES string of the molecule is O=S(=O)(OF)C(F)(F)c1ncn[nH]1. The molecular formula is C3H2F3N3O3S. The van der Waals surface area contributed by atoms with Crippen LogP contribution < -0.4 is 0 Å². The maximum Gasteiger partial charge on any atom is 0.430 e. The Balaban J connectivity index is 3.17. The lowest BCUT2D eigenvalue weighted by molar-refractivity contribution is -0.0311. The third-order valence-corrected chi connectivity index (χ3v) is 2.07. The highest BCUT2D eigenvalue weighted by molar-refractivity contribution is 7.87. The first-order valence-corrected chi connectivity index (χ1v) is 4.11. The maximum atomic E-state index is 12.7. The highest BCUT2D eigenvalue weighted by Crippen LogP contribution is 2.32. The van der Waals surface area contributed by atoms with Crippen molar-refractivity contribution >= 4 is 10.1 Å². The molecule has 1 aromatic heterocycles. The fourth-order valence-electron chi connectivity index (χ4n) is 0.504. The van der Waals surface area contributed by atoms with Gasteiger partial charge in [0.2, 0.25) is 5.82 Å². The van der Waals surface area contributed by atoms with Crippen LogP contribution in [0.15, 0.2) is 6.33 Å². The molecule has 1 heterocycles. The summed E-state index contributed by atoms with van der Waals surface area (Å²) in [7, 11) is -5.65. The van der Waals surface area contributed by atoms with Crippen molar-refractivity contribution in [3.05, 3.63) is 12.2 Å². The summed E-state index contributed by atoms with van der Waals surface area (Å²) in [6, 6.07) is 0. The second kappa shape index (κ2) is 2.96. The molecule has 0 bridgehead atoms. The van der Waals surface area contributed by atoms with Gasteiger partial charge in [-0.15, -0.1) is 0 Å². The molecule has 0 aromatic carbocycles. The van der Waals surface area contributed by atoms with Crippen LogP contribution in [0.25, 0.3) is 0 Å². The molecule has 0 atom stereocenters. The van der Waals surface area contributed by atoms with E-state index in [2.05, 4.69) is 14.5 Å². The number of hydrogen-bond acceptors (Lipinski definition) is 5. The second-order valence-electron chi connectivity index (χ2n) is 1.87. The fraction of sp³-hybridized carbons (Fsp3) is 0.333. The molecule has 6 nitrogen and oxygen atoms in total. The Hall–Kier alpha value is -1.16. The molecule has 0 aliphatic rings. The van der Waals surface area contributed by atoms with Gasteiger partial charge in [0.05, 0.1) is 0 Å². The normalized spacial score (nSPS) is 13.2. The first-order valence-electron chi connectivity index (χ1n) is 2.70. The van der Waals surface area contributed by atoms with Gasteiger partial charge < -0.3 is 0 Å². The predicted octanol–water partition coefficient (Wildman–Crippen LogP) is 0.0849. The molecule has 0 fully saturated rings. The third-order valence-electron chi connectivity index (χ3n) is 1.09. The molecule has 10 heteroatoms. The van der Waals surface area contributed by atoms with Crippen molar-refractivity contribution in [2.75, 3.05) is 0 Å². The van der Waals surface area contributed by atoms with Crippen LogP contribution in [0.2, 0.25) is 0 Å². The lowest BCUT2D eigenvalue weighted by atomic mass is 10.6. The minimum Gasteiger partial charge on any atom is -0.257 e. The lowest BCUT2D eigenvalue weighted by Crippen LogP contribution is -2.27. The van der Waals surface area contributed by atoms with Crippen molar-refractivity contribution in [3.8, 4) is 0 Å². The zero-order valence-corrected chi connectivity index (χ0v) is 6.56. The summed E-state index contributed by atoms with van der Waals surface area (Å²) in [6.45, 7) is 0. The molecule has 74 valence electrons. The van der Waals surface area contributed by atoms with Gasteiger partial charge in [0.15, 0.2) is 0 Å². The number of aromatic nitrogens is 3. The summed E-state index contributed by atoms with van der Waals surface area (Å²) >= 11 is 0. The van der Waals surface area contributed by atoms with E-state index >= 15 is 0 Å². The lowest BCUT2D eigenvalue weighted by Gasteiger charge is -2.08. The molecule has 1 N–H and O–H groups in total. The van der Waals surface area contributed by atoms with E-state index in [9.17, 15) is 21.7 Å². The first-order chi connectivity index (χ1) is 5.92. The Labute approximate surface area is 69.8 Å². The molecule has 0 unspecified atom stereocenters. The van der Waals surface area contributed by atoms with Crippen molar-refractivity contribution < 1.29 is 26.1 Å². The van der Waals surface area contributed by atoms with E-state index in [0.717, 1.165) is 0 Å². The van der Waals surface area contributed by atoms with Gasteiger partial charge in [0.1, 0.15) is 6.33 Å². The average Bonchev–Trinajstić information content (AvgIpc) is 2.56. The van der Waals surface area contributed by atoms with Gasteiger partial charge in [-0.25, -0.2) is 4.98 Å². The number of alkyl halides is 2. The van der Waals surface area contributed by atoms with E-state index in [1.807, 2.05) is 0 Å². The Morgan fingerprint density at radius 1 is 1.54 bits per heavy atom. The van der Waals surface area contributed by atoms with E-state index in [1.54, 1.807) is 5.10 Å². The van der Waals surface area contributed by atoms with Gasteiger partial charge >= 0.3 is 15.4 Å². The standard InChI is InChI=1S/C3H2F3N3O3S/c4-3(5,13(10,11)12-6)2-7-1-8-9-2/h1H,(H,7,8,9). The Bertz CT molecular complexity index is 374. The Kier molecular flexibility index (Phi) is 2.26. The molecule has 1 aromatic rings. The van der Waals surface area contributed by atoms with E-state index < -0.39 is 21.2 Å². The van der Waals surface area contributed by atoms with Crippen LogP contribution in [0, 0.1) is 0 Å². The smallest absolute Gasteiger partial charge is 0.257 e. The Morgan fingerprint density at radius 3 is 2.54 bits per heavy atom. The van der Waals surface area contributed by atoms with Gasteiger partial charge in [0, 0.05) is 0 Å². The van der Waals surface area contributed by atoms with Gasteiger partial charge in [-0.2, -0.15) is 22.3 Å². The largest absolute Gasteiger partial charge is 0.430 e. The number of hydrogen-bond donors (Lipinski definition) is 1. The summed E-state index contributed by atoms with van der Waals surface area (Å²) in [5.74, 6) is -1.31. The number of aromatic amines is 1. The number of halogens is 3. The summed E-state index contributed by atoms with van der Waals surface area (Å²) in [5, 5.41) is -0.0265. The third kappa shape index (κ3) is 1.49. The van der Waals surface area contributed by atoms with Gasteiger partial charge in [-0.3, -0.25) is 5.10 Å². The van der Waals surface area contributed by atoms with Crippen molar-refractivity contribution in [1.29, 1.82) is 0 Å². The number of rotatable bonds is 3. The zero-order valence-electron chi connectivity index (χ0n) is 5.74. The summed E-state index contributed by atoms with van der Waals surface area (Å²) in [4.78, 5) is 2.86. The molecule has 0 amide bonds. The summed E-state index contributed by atoms with van der Waals surface area (Å²) in [6.07, 6.45) is 0.650. The topological polar surface area (TPSA) is 84.9 Å². The second-order valence-corrected chi connectivity index (χ2v) is 3.41. The minimum absolute atomic E-state index is 0.650. The molecule has 0 aliphatic carbocycles. The van der Waals surface area contributed by atoms with Crippen molar-refractivity contribution in [2.45, 2.75) is 5.25 Å². The van der Waals surface area contributed by atoms with Gasteiger partial charge in [-0.05, 0) is 4.53 Å². The Morgan fingerprint density at radius 2 is 2.15 bits per heavy atom. The number of H-pyrrole nitrogens is 1. The van der Waals surface area contributed by atoms with Gasteiger partial charge in [0.25, 0.3) is 0 Å². The number of nitrogens with zero attached hydrogens (tertiary/aromatic N) is 2. The molecular weight excluding hydrogens is 215 g/mol. The monoisotopic (exact) mass is 217 g/mol. The zero-order chi connectivity index (χ0) is 10.1. The van der Waals surface area contributed by atoms with Crippen LogP contribution in [0.5, 0.6) is 0 Å². The molecule has 0 radical (unpaired) electrons. The van der Waals surface area contributed by atoms with Crippen LogP contribution >= 0.6 is 0 Å². The summed E-state index contributed by atoms with van der Waals surface area (Å²) < 4.78 is 59.3. The van der Waals surface area contributed by atoms with Crippen LogP contribution in [-0.2, 0) is 19.8 Å². The van der Waals surface area contributed by atoms with E-state index in [0.29, 0.717) is 6.33 Å². The predicted molar refractivity (Wildman–Crippen MR) is 31.4 cm³/mol. The van der Waals surface area contributed by atoms with Crippen LogP contribution in [0.4, 0.5) is 13.3 Å². The maximum absolute atomic E-state index is 12.7. The van der Waals surface area contributed by atoms with E-state index in [1.165, 1.54) is 0 Å². The molecule has 0 aliphatic heterocycles. The van der Waals surface area contributed by atoms with Crippen LogP contribution in [-0.4, -0.2) is 23.6 Å². The average molecular weight is 217 g/mol. The molecule has 13 heavy (non-hydrogen) atoms. The van der Waals surface area contributed by atoms with Gasteiger partial charge in [-0.1, -0.05) is 4.39 Å². The molecule has 0 saturated carbocycles. The fourth-order valence-corrected chi connectivity index (χ4v) is 0.918. The van der Waals surface area contributed by atoms with E-state index in [-0.39, 0.29) is 0 Å². The molecule has 0 spiro atoms. The highest BCUT2D eigenvalue weighted by atomic mass is 32.2. The first kappa shape index (κ1) is 9.92.